The summed E-state index contributed by atoms with van der Waals surface area (Å²) in [6.45, 7) is 7.80. The van der Waals surface area contributed by atoms with Crippen LogP contribution in [-0.2, 0) is 9.53 Å². The molecule has 0 amide bonds. The summed E-state index contributed by atoms with van der Waals surface area (Å²) in [7, 11) is 2.94. The minimum atomic E-state index is -0.667. The van der Waals surface area contributed by atoms with Crippen molar-refractivity contribution in [2.24, 2.45) is 11.1 Å². The number of rotatable bonds is 10. The first-order valence-corrected chi connectivity index (χ1v) is 10.0. The van der Waals surface area contributed by atoms with Gasteiger partial charge in [0.15, 0.2) is 0 Å². The van der Waals surface area contributed by atoms with Gasteiger partial charge in [-0.3, -0.25) is 15.5 Å². The molecule has 8 nitrogen and oxygen atoms in total. The quantitative estimate of drug-likeness (QED) is 0.205. The maximum atomic E-state index is 12.5. The number of hydrogen-bond donors (Lipinski definition) is 2. The summed E-state index contributed by atoms with van der Waals surface area (Å²) < 4.78 is 17.0. The fourth-order valence-corrected chi connectivity index (χ4v) is 3.41. The lowest BCUT2D eigenvalue weighted by molar-refractivity contribution is -0.150. The van der Waals surface area contributed by atoms with E-state index in [1.807, 2.05) is 33.8 Å². The Balaban J connectivity index is 2.80. The highest BCUT2D eigenvalue weighted by atomic mass is 16.5. The molecule has 0 aliphatic carbocycles. The van der Waals surface area contributed by atoms with Crippen molar-refractivity contribution in [3.63, 3.8) is 0 Å². The monoisotopic (exact) mass is 430 g/mol. The topological polar surface area (TPSA) is 106 Å². The van der Waals surface area contributed by atoms with Crippen LogP contribution < -0.4 is 15.0 Å². The van der Waals surface area contributed by atoms with E-state index in [0.29, 0.717) is 39.9 Å². The average molecular weight is 431 g/mol. The van der Waals surface area contributed by atoms with Crippen LogP contribution in [0.25, 0.3) is 10.8 Å². The third-order valence-corrected chi connectivity index (χ3v) is 4.78. The number of nitrogens with zero attached hydrogens (tertiary/aromatic N) is 1. The lowest BCUT2D eigenvalue weighted by atomic mass is 9.96. The van der Waals surface area contributed by atoms with Gasteiger partial charge in [0.1, 0.15) is 23.3 Å². The molecule has 0 aliphatic rings. The van der Waals surface area contributed by atoms with E-state index >= 15 is 0 Å². The average Bonchev–Trinajstić information content (AvgIpc) is 2.73. The molecule has 0 spiro atoms. The minimum Gasteiger partial charge on any atom is -0.496 e. The molecule has 0 bridgehead atoms. The molecule has 168 valence electrons. The van der Waals surface area contributed by atoms with Crippen LogP contribution in [0.5, 0.6) is 11.5 Å². The zero-order chi connectivity index (χ0) is 23.1. The van der Waals surface area contributed by atoms with E-state index in [0.717, 1.165) is 5.57 Å². The molecule has 0 fully saturated rings. The summed E-state index contributed by atoms with van der Waals surface area (Å²) in [6, 6.07) is 4.68. The predicted octanol–water partition coefficient (Wildman–Crippen LogP) is 6.04. The number of ether oxygens (including phenoxy) is 3. The van der Waals surface area contributed by atoms with Crippen LogP contribution >= 0.6 is 0 Å². The Morgan fingerprint density at radius 3 is 2.42 bits per heavy atom. The molecule has 1 atom stereocenters. The van der Waals surface area contributed by atoms with E-state index in [1.165, 1.54) is 26.4 Å². The Bertz CT molecular complexity index is 980. The van der Waals surface area contributed by atoms with E-state index in [9.17, 15) is 14.9 Å². The maximum absolute atomic E-state index is 12.5. The van der Waals surface area contributed by atoms with Crippen molar-refractivity contribution in [1.29, 1.82) is 0 Å². The van der Waals surface area contributed by atoms with Crippen LogP contribution in [0.3, 0.4) is 0 Å². The molecule has 0 heterocycles. The summed E-state index contributed by atoms with van der Waals surface area (Å²) >= 11 is 0. The van der Waals surface area contributed by atoms with E-state index in [2.05, 4.69) is 10.7 Å². The molecule has 0 saturated carbocycles. The van der Waals surface area contributed by atoms with Gasteiger partial charge in [-0.1, -0.05) is 25.5 Å². The summed E-state index contributed by atoms with van der Waals surface area (Å²) in [5.74, 6) is 0.512. The Labute approximate surface area is 182 Å². The molecule has 2 aromatic carbocycles. The van der Waals surface area contributed by atoms with E-state index in [1.54, 1.807) is 6.07 Å². The molecule has 0 unspecified atom stereocenters. The zero-order valence-electron chi connectivity index (χ0n) is 18.8. The van der Waals surface area contributed by atoms with Crippen LogP contribution in [0.15, 0.2) is 35.0 Å². The third-order valence-electron chi connectivity index (χ3n) is 4.78. The normalized spacial score (nSPS) is 11.7. The van der Waals surface area contributed by atoms with Gasteiger partial charge in [0.25, 0.3) is 0 Å². The number of carbonyl (C=O) groups is 1. The number of nitroso groups, excluding NO2 is 1. The highest BCUT2D eigenvalue weighted by Crippen LogP contribution is 2.48. The molecule has 0 aliphatic heterocycles. The first kappa shape index (κ1) is 24.1. The highest BCUT2D eigenvalue weighted by molar-refractivity contribution is 6.08. The Hall–Kier alpha value is -3.13. The Kier molecular flexibility index (Phi) is 8.38. The number of fused-ring (bicyclic) bond motifs is 1. The lowest BCUT2D eigenvalue weighted by Crippen LogP contribution is -2.14. The van der Waals surface area contributed by atoms with E-state index < -0.39 is 6.10 Å². The highest BCUT2D eigenvalue weighted by Gasteiger charge is 2.27. The van der Waals surface area contributed by atoms with Crippen molar-refractivity contribution in [1.82, 2.24) is 0 Å². The number of anilines is 1. The molecular weight excluding hydrogens is 400 g/mol. The molecule has 2 rings (SSSR count). The van der Waals surface area contributed by atoms with Crippen LogP contribution in [0, 0.1) is 10.8 Å². The number of allylic oxidation sites excluding steroid dienone is 1. The fourth-order valence-electron chi connectivity index (χ4n) is 3.41. The zero-order valence-corrected chi connectivity index (χ0v) is 18.8. The Morgan fingerprint density at radius 2 is 1.90 bits per heavy atom. The van der Waals surface area contributed by atoms with Crippen molar-refractivity contribution >= 4 is 28.1 Å². The molecule has 31 heavy (non-hydrogen) atoms. The van der Waals surface area contributed by atoms with Crippen molar-refractivity contribution in [2.45, 2.75) is 46.6 Å². The number of carbonyl (C=O) groups excluding carboxylic acids is 1. The number of nitrogens with one attached hydrogen (secondary N) is 1. The first-order chi connectivity index (χ1) is 14.8. The second-order valence-electron chi connectivity index (χ2n) is 7.88. The maximum Gasteiger partial charge on any atom is 0.306 e. The summed E-state index contributed by atoms with van der Waals surface area (Å²) in [6.07, 6.45) is 1.99. The van der Waals surface area contributed by atoms with Gasteiger partial charge in [-0.2, -0.15) is 0 Å². The van der Waals surface area contributed by atoms with Gasteiger partial charge in [-0.25, -0.2) is 0 Å². The molecular formula is C23H30N2O6. The third kappa shape index (κ3) is 5.52. The first-order valence-electron chi connectivity index (χ1n) is 10.0. The standard InChI is InChI=1S/C23H30N2O6/c1-13(2)7-10-18(31-20(26)11-14(3)4)15-12-19(29-5)21-16(24-27)8-9-17(25-28)22(21)23(15)30-6/h7-9,12,14,18,24,27H,10-11H2,1-6H3/t18-/m1/s1. The minimum absolute atomic E-state index is 0.112. The van der Waals surface area contributed by atoms with Gasteiger partial charge in [0.05, 0.1) is 30.7 Å². The predicted molar refractivity (Wildman–Crippen MR) is 120 cm³/mol. The Morgan fingerprint density at radius 1 is 1.19 bits per heavy atom. The molecule has 2 aromatic rings. The van der Waals surface area contributed by atoms with Gasteiger partial charge in [-0.15, -0.1) is 4.91 Å². The summed E-state index contributed by atoms with van der Waals surface area (Å²) in [5, 5.41) is 13.5. The smallest absolute Gasteiger partial charge is 0.306 e. The van der Waals surface area contributed by atoms with Gasteiger partial charge < -0.3 is 14.2 Å². The SMILES string of the molecule is COc1cc([C@@H](CC=C(C)C)OC(=O)CC(C)C)c(OC)c2c(N=O)ccc(NO)c12. The van der Waals surface area contributed by atoms with E-state index in [-0.39, 0.29) is 24.0 Å². The van der Waals surface area contributed by atoms with Gasteiger partial charge in [0, 0.05) is 18.4 Å². The second-order valence-corrected chi connectivity index (χ2v) is 7.88. The van der Waals surface area contributed by atoms with Crippen molar-refractivity contribution < 1.29 is 24.2 Å². The van der Waals surface area contributed by atoms with Crippen LogP contribution in [-0.4, -0.2) is 25.4 Å². The molecule has 0 radical (unpaired) electrons. The number of benzene rings is 2. The number of esters is 1. The molecule has 0 aromatic heterocycles. The van der Waals surface area contributed by atoms with Gasteiger partial charge in [0.2, 0.25) is 0 Å². The molecule has 0 saturated heterocycles. The van der Waals surface area contributed by atoms with Gasteiger partial charge >= 0.3 is 5.97 Å². The molecule has 8 heteroatoms. The number of hydrogen-bond acceptors (Lipinski definition) is 8. The second kappa shape index (κ2) is 10.8. The van der Waals surface area contributed by atoms with Gasteiger partial charge in [-0.05, 0) is 43.1 Å². The largest absolute Gasteiger partial charge is 0.496 e. The van der Waals surface area contributed by atoms with Crippen molar-refractivity contribution in [2.75, 3.05) is 19.7 Å². The van der Waals surface area contributed by atoms with Crippen molar-refractivity contribution in [3.8, 4) is 11.5 Å². The van der Waals surface area contributed by atoms with Crippen LogP contribution in [0.2, 0.25) is 0 Å². The van der Waals surface area contributed by atoms with Crippen LogP contribution in [0.4, 0.5) is 11.4 Å². The number of methoxy groups -OCH3 is 2. The van der Waals surface area contributed by atoms with Crippen LogP contribution in [0.1, 0.15) is 52.2 Å². The lowest BCUT2D eigenvalue weighted by Gasteiger charge is -2.23. The summed E-state index contributed by atoms with van der Waals surface area (Å²) in [4.78, 5) is 24.1. The van der Waals surface area contributed by atoms with E-state index in [4.69, 9.17) is 14.2 Å². The fraction of sp³-hybridized carbons (Fsp3) is 0.435. The molecule has 2 N–H and O–H groups in total. The van der Waals surface area contributed by atoms with Crippen molar-refractivity contribution in [3.05, 3.63) is 40.3 Å². The summed E-state index contributed by atoms with van der Waals surface area (Å²) in [5.41, 5.74) is 4.16.